The van der Waals surface area contributed by atoms with Gasteiger partial charge < -0.3 is 14.8 Å². The second-order valence-electron chi connectivity index (χ2n) is 5.58. The van der Waals surface area contributed by atoms with E-state index in [1.807, 2.05) is 12.1 Å². The Morgan fingerprint density at radius 2 is 2.00 bits per heavy atom. The quantitative estimate of drug-likeness (QED) is 0.707. The van der Waals surface area contributed by atoms with Crippen molar-refractivity contribution < 1.29 is 9.47 Å². The summed E-state index contributed by atoms with van der Waals surface area (Å²) in [6.45, 7) is 10.1. The second-order valence-corrected chi connectivity index (χ2v) is 5.58. The van der Waals surface area contributed by atoms with Crippen LogP contribution in [0.15, 0.2) is 24.3 Å². The lowest BCUT2D eigenvalue weighted by Crippen LogP contribution is -2.37. The molecule has 1 aliphatic rings. The third-order valence-electron chi connectivity index (χ3n) is 3.69. The van der Waals surface area contributed by atoms with Crippen LogP contribution in [0.3, 0.4) is 0 Å². The molecule has 0 atom stereocenters. The van der Waals surface area contributed by atoms with E-state index in [-0.39, 0.29) is 0 Å². The SMILES string of the molecule is Cc1cccc(OCCCNCCCN2CCOCC2)c1. The van der Waals surface area contributed by atoms with Gasteiger partial charge in [0.25, 0.3) is 0 Å². The average Bonchev–Trinajstić information content (AvgIpc) is 2.51. The van der Waals surface area contributed by atoms with Gasteiger partial charge in [0.15, 0.2) is 0 Å². The van der Waals surface area contributed by atoms with Gasteiger partial charge in [-0.25, -0.2) is 0 Å². The standard InChI is InChI=1S/C17H28N2O2/c1-16-5-2-6-17(15-16)21-12-4-8-18-7-3-9-19-10-13-20-14-11-19/h2,5-6,15,18H,3-4,7-14H2,1H3. The van der Waals surface area contributed by atoms with Gasteiger partial charge in [-0.2, -0.15) is 0 Å². The first kappa shape index (κ1) is 16.3. The van der Waals surface area contributed by atoms with Gasteiger partial charge in [0.05, 0.1) is 19.8 Å². The summed E-state index contributed by atoms with van der Waals surface area (Å²) in [6.07, 6.45) is 2.25. The summed E-state index contributed by atoms with van der Waals surface area (Å²) in [7, 11) is 0. The third kappa shape index (κ3) is 6.93. The molecule has 1 aliphatic heterocycles. The molecule has 0 amide bonds. The summed E-state index contributed by atoms with van der Waals surface area (Å²) in [5, 5.41) is 3.48. The highest BCUT2D eigenvalue weighted by Crippen LogP contribution is 2.12. The Morgan fingerprint density at radius 3 is 2.81 bits per heavy atom. The van der Waals surface area contributed by atoms with Crippen molar-refractivity contribution >= 4 is 0 Å². The Morgan fingerprint density at radius 1 is 1.19 bits per heavy atom. The first-order valence-electron chi connectivity index (χ1n) is 8.05. The maximum atomic E-state index is 5.73. The lowest BCUT2D eigenvalue weighted by Gasteiger charge is -2.26. The number of hydrogen-bond donors (Lipinski definition) is 1. The smallest absolute Gasteiger partial charge is 0.119 e. The Bertz CT molecular complexity index is 392. The first-order chi connectivity index (χ1) is 10.3. The van der Waals surface area contributed by atoms with Crippen LogP contribution in [-0.2, 0) is 4.74 Å². The highest BCUT2D eigenvalue weighted by molar-refractivity contribution is 5.27. The fourth-order valence-electron chi connectivity index (χ4n) is 2.47. The Hall–Kier alpha value is -1.10. The topological polar surface area (TPSA) is 33.7 Å². The zero-order valence-electron chi connectivity index (χ0n) is 13.1. The highest BCUT2D eigenvalue weighted by atomic mass is 16.5. The van der Waals surface area contributed by atoms with Gasteiger partial charge in [-0.1, -0.05) is 12.1 Å². The number of aryl methyl sites for hydroxylation is 1. The van der Waals surface area contributed by atoms with Crippen molar-refractivity contribution in [2.75, 3.05) is 52.5 Å². The summed E-state index contributed by atoms with van der Waals surface area (Å²) in [4.78, 5) is 2.48. The molecule has 0 bridgehead atoms. The molecule has 2 rings (SSSR count). The third-order valence-corrected chi connectivity index (χ3v) is 3.69. The minimum atomic E-state index is 0.778. The number of ether oxygens (including phenoxy) is 2. The molecular weight excluding hydrogens is 264 g/mol. The van der Waals surface area contributed by atoms with E-state index in [1.165, 1.54) is 18.5 Å². The van der Waals surface area contributed by atoms with E-state index in [2.05, 4.69) is 29.3 Å². The summed E-state index contributed by atoms with van der Waals surface area (Å²) < 4.78 is 11.1. The average molecular weight is 292 g/mol. The summed E-state index contributed by atoms with van der Waals surface area (Å²) in [5.74, 6) is 0.974. The van der Waals surface area contributed by atoms with Gasteiger partial charge in [-0.15, -0.1) is 0 Å². The summed E-state index contributed by atoms with van der Waals surface area (Å²) in [6, 6.07) is 8.22. The van der Waals surface area contributed by atoms with Crippen molar-refractivity contribution in [1.82, 2.24) is 10.2 Å². The van der Waals surface area contributed by atoms with Crippen molar-refractivity contribution in [1.29, 1.82) is 0 Å². The minimum Gasteiger partial charge on any atom is -0.494 e. The molecule has 1 heterocycles. The fraction of sp³-hybridized carbons (Fsp3) is 0.647. The van der Waals surface area contributed by atoms with Gasteiger partial charge in [-0.3, -0.25) is 4.90 Å². The van der Waals surface area contributed by atoms with Gasteiger partial charge in [0, 0.05) is 13.1 Å². The van der Waals surface area contributed by atoms with Gasteiger partial charge >= 0.3 is 0 Å². The number of nitrogens with one attached hydrogen (secondary N) is 1. The molecule has 4 nitrogen and oxygen atoms in total. The number of morpholine rings is 1. The zero-order valence-corrected chi connectivity index (χ0v) is 13.1. The molecule has 0 aromatic heterocycles. The molecule has 118 valence electrons. The molecule has 0 spiro atoms. The lowest BCUT2D eigenvalue weighted by molar-refractivity contribution is 0.0374. The van der Waals surface area contributed by atoms with Crippen molar-refractivity contribution in [2.24, 2.45) is 0 Å². The van der Waals surface area contributed by atoms with Crippen LogP contribution in [0.5, 0.6) is 5.75 Å². The predicted octanol–water partition coefficient (Wildman–Crippen LogP) is 2.08. The van der Waals surface area contributed by atoms with Crippen molar-refractivity contribution in [3.63, 3.8) is 0 Å². The van der Waals surface area contributed by atoms with Crippen molar-refractivity contribution in [2.45, 2.75) is 19.8 Å². The normalized spacial score (nSPS) is 16.0. The molecule has 1 saturated heterocycles. The van der Waals surface area contributed by atoms with Gasteiger partial charge in [0.2, 0.25) is 0 Å². The number of rotatable bonds is 9. The van der Waals surface area contributed by atoms with Crippen LogP contribution >= 0.6 is 0 Å². The van der Waals surface area contributed by atoms with Crippen LogP contribution in [-0.4, -0.2) is 57.4 Å². The monoisotopic (exact) mass is 292 g/mol. The number of benzene rings is 1. The van der Waals surface area contributed by atoms with Crippen molar-refractivity contribution in [3.8, 4) is 5.75 Å². The molecule has 21 heavy (non-hydrogen) atoms. The maximum Gasteiger partial charge on any atom is 0.119 e. The second kappa shape index (κ2) is 9.77. The highest BCUT2D eigenvalue weighted by Gasteiger charge is 2.08. The Balaban J connectivity index is 1.41. The van der Waals surface area contributed by atoms with Crippen molar-refractivity contribution in [3.05, 3.63) is 29.8 Å². The van der Waals surface area contributed by atoms with Gasteiger partial charge in [-0.05, 0) is 57.1 Å². The molecular formula is C17H28N2O2. The van der Waals surface area contributed by atoms with E-state index < -0.39 is 0 Å². The Kier molecular flexibility index (Phi) is 7.57. The largest absolute Gasteiger partial charge is 0.494 e. The zero-order chi connectivity index (χ0) is 14.8. The van der Waals surface area contributed by atoms with E-state index in [0.717, 1.165) is 58.2 Å². The van der Waals surface area contributed by atoms with E-state index >= 15 is 0 Å². The first-order valence-corrected chi connectivity index (χ1v) is 8.05. The van der Waals surface area contributed by atoms with E-state index in [1.54, 1.807) is 0 Å². The van der Waals surface area contributed by atoms with Crippen LogP contribution in [0.2, 0.25) is 0 Å². The van der Waals surface area contributed by atoms with Crippen LogP contribution < -0.4 is 10.1 Å². The predicted molar refractivity (Wildman–Crippen MR) is 86.0 cm³/mol. The molecule has 1 aromatic rings. The fourth-order valence-corrected chi connectivity index (χ4v) is 2.47. The van der Waals surface area contributed by atoms with Crippen LogP contribution in [0, 0.1) is 6.92 Å². The minimum absolute atomic E-state index is 0.778. The molecule has 1 fully saturated rings. The molecule has 0 radical (unpaired) electrons. The van der Waals surface area contributed by atoms with Crippen LogP contribution in [0.1, 0.15) is 18.4 Å². The number of nitrogens with zero attached hydrogens (tertiary/aromatic N) is 1. The van der Waals surface area contributed by atoms with Crippen LogP contribution in [0.25, 0.3) is 0 Å². The maximum absolute atomic E-state index is 5.73. The van der Waals surface area contributed by atoms with E-state index in [9.17, 15) is 0 Å². The van der Waals surface area contributed by atoms with E-state index in [0.29, 0.717) is 0 Å². The number of hydrogen-bond acceptors (Lipinski definition) is 4. The lowest BCUT2D eigenvalue weighted by atomic mass is 10.2. The molecule has 0 unspecified atom stereocenters. The molecule has 1 aromatic carbocycles. The molecule has 4 heteroatoms. The summed E-state index contributed by atoms with van der Waals surface area (Å²) in [5.41, 5.74) is 1.24. The Labute approximate surface area is 128 Å². The molecule has 0 saturated carbocycles. The molecule has 0 aliphatic carbocycles. The summed E-state index contributed by atoms with van der Waals surface area (Å²) >= 11 is 0. The molecule has 1 N–H and O–H groups in total. The van der Waals surface area contributed by atoms with Gasteiger partial charge in [0.1, 0.15) is 5.75 Å². The van der Waals surface area contributed by atoms with Crippen LogP contribution in [0.4, 0.5) is 0 Å². The van der Waals surface area contributed by atoms with E-state index in [4.69, 9.17) is 9.47 Å².